The molecule has 5 aromatic rings. The van der Waals surface area contributed by atoms with Gasteiger partial charge in [-0.25, -0.2) is 4.98 Å². The fraction of sp³-hybridized carbons (Fsp3) is 0.0417. The number of hydrogen-bond acceptors (Lipinski definition) is 4. The molecule has 2 heterocycles. The number of nitrogens with zero attached hydrogens (tertiary/aromatic N) is 2. The fourth-order valence-corrected chi connectivity index (χ4v) is 4.19. The van der Waals surface area contributed by atoms with Crippen molar-refractivity contribution >= 4 is 44.1 Å². The molecular weight excluding hydrogens is 378 g/mol. The van der Waals surface area contributed by atoms with E-state index in [4.69, 9.17) is 0 Å². The highest BCUT2D eigenvalue weighted by atomic mass is 32.1. The van der Waals surface area contributed by atoms with Gasteiger partial charge in [-0.3, -0.25) is 15.1 Å². The highest BCUT2D eigenvalue weighted by Gasteiger charge is 2.14. The average molecular weight is 395 g/mol. The molecule has 0 fully saturated rings. The van der Waals surface area contributed by atoms with Crippen LogP contribution in [0.5, 0.6) is 0 Å². The molecule has 0 aliphatic heterocycles. The van der Waals surface area contributed by atoms with Crippen LogP contribution in [0.3, 0.4) is 0 Å². The van der Waals surface area contributed by atoms with E-state index in [1.165, 1.54) is 22.1 Å². The third kappa shape index (κ3) is 3.37. The van der Waals surface area contributed by atoms with E-state index in [1.54, 1.807) is 0 Å². The number of aromatic nitrogens is 2. The molecule has 0 spiro atoms. The van der Waals surface area contributed by atoms with Crippen LogP contribution in [-0.4, -0.2) is 15.9 Å². The Labute approximate surface area is 171 Å². The summed E-state index contributed by atoms with van der Waals surface area (Å²) in [7, 11) is 0. The molecule has 0 atom stereocenters. The lowest BCUT2D eigenvalue weighted by Crippen LogP contribution is -2.13. The second-order valence-electron chi connectivity index (χ2n) is 6.88. The van der Waals surface area contributed by atoms with Crippen LogP contribution in [0.2, 0.25) is 0 Å². The molecule has 29 heavy (non-hydrogen) atoms. The summed E-state index contributed by atoms with van der Waals surface area (Å²) in [6, 6.07) is 24.0. The van der Waals surface area contributed by atoms with Gasteiger partial charge in [-0.1, -0.05) is 54.6 Å². The van der Waals surface area contributed by atoms with E-state index < -0.39 is 0 Å². The summed E-state index contributed by atoms with van der Waals surface area (Å²) in [5.41, 5.74) is 4.12. The zero-order chi connectivity index (χ0) is 19.8. The van der Waals surface area contributed by atoms with Gasteiger partial charge >= 0.3 is 0 Å². The van der Waals surface area contributed by atoms with Crippen molar-refractivity contribution in [1.82, 2.24) is 9.97 Å². The molecule has 1 amide bonds. The predicted molar refractivity (Wildman–Crippen MR) is 119 cm³/mol. The monoisotopic (exact) mass is 395 g/mol. The number of benzene rings is 3. The SMILES string of the molecule is Cc1cc(C(=O)Nc2nc(-c3ccc4ccccc4c3)cs2)c2ccccc2n1. The molecule has 0 radical (unpaired) electrons. The maximum atomic E-state index is 12.9. The molecule has 0 saturated heterocycles. The van der Waals surface area contributed by atoms with Gasteiger partial charge in [0.15, 0.2) is 5.13 Å². The summed E-state index contributed by atoms with van der Waals surface area (Å²) >= 11 is 1.42. The van der Waals surface area contributed by atoms with Crippen LogP contribution in [0.15, 0.2) is 78.2 Å². The normalized spacial score (nSPS) is 11.1. The lowest BCUT2D eigenvalue weighted by Gasteiger charge is -2.07. The predicted octanol–water partition coefficient (Wildman–Crippen LogP) is 6.07. The van der Waals surface area contributed by atoms with Gasteiger partial charge in [0.25, 0.3) is 5.91 Å². The number of nitrogens with one attached hydrogen (secondary N) is 1. The Kier molecular flexibility index (Phi) is 4.30. The Balaban J connectivity index is 1.45. The summed E-state index contributed by atoms with van der Waals surface area (Å²) in [6.45, 7) is 1.89. The van der Waals surface area contributed by atoms with Crippen LogP contribution in [0.25, 0.3) is 32.9 Å². The third-order valence-electron chi connectivity index (χ3n) is 4.86. The number of thiazole rings is 1. The van der Waals surface area contributed by atoms with Gasteiger partial charge in [0.1, 0.15) is 0 Å². The van der Waals surface area contributed by atoms with Crippen molar-refractivity contribution in [2.45, 2.75) is 6.92 Å². The molecule has 0 unspecified atom stereocenters. The first kappa shape index (κ1) is 17.5. The van der Waals surface area contributed by atoms with E-state index in [-0.39, 0.29) is 5.91 Å². The minimum atomic E-state index is -0.175. The average Bonchev–Trinajstić information content (AvgIpc) is 3.21. The number of amides is 1. The number of aryl methyl sites for hydroxylation is 1. The molecule has 4 nitrogen and oxygen atoms in total. The number of hydrogen-bond donors (Lipinski definition) is 1. The van der Waals surface area contributed by atoms with E-state index in [9.17, 15) is 4.79 Å². The molecule has 2 aromatic heterocycles. The lowest BCUT2D eigenvalue weighted by atomic mass is 10.1. The van der Waals surface area contributed by atoms with Gasteiger partial charge < -0.3 is 0 Å². The Morgan fingerprint density at radius 1 is 0.897 bits per heavy atom. The van der Waals surface area contributed by atoms with Gasteiger partial charge in [-0.15, -0.1) is 11.3 Å². The molecule has 0 bridgehead atoms. The van der Waals surface area contributed by atoms with Crippen LogP contribution in [0, 0.1) is 6.92 Å². The Bertz CT molecular complexity index is 1370. The molecular formula is C24H17N3OS. The summed E-state index contributed by atoms with van der Waals surface area (Å²) in [6.07, 6.45) is 0. The van der Waals surface area contributed by atoms with Gasteiger partial charge in [0.05, 0.1) is 16.8 Å². The summed E-state index contributed by atoms with van der Waals surface area (Å²) < 4.78 is 0. The molecule has 0 aliphatic carbocycles. The Morgan fingerprint density at radius 2 is 1.69 bits per heavy atom. The number of anilines is 1. The standard InChI is InChI=1S/C24H17N3OS/c1-15-12-20(19-8-4-5-9-21(19)25-15)23(28)27-24-26-22(14-29-24)18-11-10-16-6-2-3-7-17(16)13-18/h2-14H,1H3,(H,26,27,28). The smallest absolute Gasteiger partial charge is 0.258 e. The maximum Gasteiger partial charge on any atom is 0.258 e. The highest BCUT2D eigenvalue weighted by molar-refractivity contribution is 7.14. The summed E-state index contributed by atoms with van der Waals surface area (Å²) in [5, 5.41) is 8.69. The van der Waals surface area contributed by atoms with E-state index in [0.717, 1.165) is 27.9 Å². The van der Waals surface area contributed by atoms with E-state index in [0.29, 0.717) is 10.7 Å². The molecule has 5 heteroatoms. The third-order valence-corrected chi connectivity index (χ3v) is 5.62. The van der Waals surface area contributed by atoms with Crippen molar-refractivity contribution < 1.29 is 4.79 Å². The minimum absolute atomic E-state index is 0.175. The van der Waals surface area contributed by atoms with Crippen molar-refractivity contribution in [3.8, 4) is 11.3 Å². The van der Waals surface area contributed by atoms with Crippen LogP contribution in [0.4, 0.5) is 5.13 Å². The minimum Gasteiger partial charge on any atom is -0.298 e. The second kappa shape index (κ2) is 7.11. The Morgan fingerprint density at radius 3 is 2.59 bits per heavy atom. The topological polar surface area (TPSA) is 54.9 Å². The number of rotatable bonds is 3. The number of fused-ring (bicyclic) bond motifs is 2. The van der Waals surface area contributed by atoms with E-state index in [2.05, 4.69) is 45.6 Å². The molecule has 0 saturated carbocycles. The molecule has 5 rings (SSSR count). The molecule has 0 aliphatic rings. The van der Waals surface area contributed by atoms with Crippen molar-refractivity contribution in [3.05, 3.63) is 89.4 Å². The Hall–Kier alpha value is -3.57. The largest absolute Gasteiger partial charge is 0.298 e. The van der Waals surface area contributed by atoms with Crippen LogP contribution in [-0.2, 0) is 0 Å². The first-order valence-electron chi connectivity index (χ1n) is 9.30. The maximum absolute atomic E-state index is 12.9. The zero-order valence-electron chi connectivity index (χ0n) is 15.7. The van der Waals surface area contributed by atoms with Gasteiger partial charge in [0.2, 0.25) is 0 Å². The van der Waals surface area contributed by atoms with Crippen LogP contribution >= 0.6 is 11.3 Å². The van der Waals surface area contributed by atoms with Crippen molar-refractivity contribution in [2.24, 2.45) is 0 Å². The molecule has 140 valence electrons. The van der Waals surface area contributed by atoms with Crippen molar-refractivity contribution in [3.63, 3.8) is 0 Å². The van der Waals surface area contributed by atoms with Gasteiger partial charge in [-0.05, 0) is 35.9 Å². The number of pyridine rings is 1. The zero-order valence-corrected chi connectivity index (χ0v) is 16.5. The lowest BCUT2D eigenvalue weighted by molar-refractivity contribution is 0.102. The summed E-state index contributed by atoms with van der Waals surface area (Å²) in [4.78, 5) is 22.1. The second-order valence-corrected chi connectivity index (χ2v) is 7.74. The van der Waals surface area contributed by atoms with Crippen molar-refractivity contribution in [1.29, 1.82) is 0 Å². The van der Waals surface area contributed by atoms with Gasteiger partial charge in [-0.2, -0.15) is 0 Å². The van der Waals surface area contributed by atoms with Crippen molar-refractivity contribution in [2.75, 3.05) is 5.32 Å². The number of carbonyl (C=O) groups excluding carboxylic acids is 1. The molecule has 3 aromatic carbocycles. The van der Waals surface area contributed by atoms with Crippen LogP contribution < -0.4 is 5.32 Å². The summed E-state index contributed by atoms with van der Waals surface area (Å²) in [5.74, 6) is -0.175. The van der Waals surface area contributed by atoms with E-state index >= 15 is 0 Å². The highest BCUT2D eigenvalue weighted by Crippen LogP contribution is 2.28. The number of carbonyl (C=O) groups is 1. The first-order valence-corrected chi connectivity index (χ1v) is 10.2. The quantitative estimate of drug-likeness (QED) is 0.403. The fourth-order valence-electron chi connectivity index (χ4n) is 3.47. The van der Waals surface area contributed by atoms with Crippen LogP contribution in [0.1, 0.15) is 16.1 Å². The van der Waals surface area contributed by atoms with Gasteiger partial charge in [0, 0.05) is 22.0 Å². The molecule has 1 N–H and O–H groups in total. The number of para-hydroxylation sites is 1. The van der Waals surface area contributed by atoms with E-state index in [1.807, 2.05) is 54.8 Å². The first-order chi connectivity index (χ1) is 14.2.